The Balaban J connectivity index is 2.99. The molecule has 0 amide bonds. The molecular weight excluding hydrogens is 199 g/mol. The number of benzene rings is 1. The van der Waals surface area contributed by atoms with Crippen molar-refractivity contribution in [3.63, 3.8) is 0 Å². The number of carboxylic acid groups (broad SMARTS) is 1. The molecule has 3 nitrogen and oxygen atoms in total. The van der Waals surface area contributed by atoms with E-state index in [1.165, 1.54) is 31.2 Å². The first-order valence-electron chi connectivity index (χ1n) is 4.57. The Hall–Kier alpha value is -1.42. The quantitative estimate of drug-likeness (QED) is 0.802. The van der Waals surface area contributed by atoms with Crippen LogP contribution in [0.25, 0.3) is 0 Å². The van der Waals surface area contributed by atoms with Gasteiger partial charge in [0.05, 0.1) is 0 Å². The number of rotatable bonds is 3. The van der Waals surface area contributed by atoms with Crippen molar-refractivity contribution in [2.24, 2.45) is 0 Å². The Morgan fingerprint density at radius 1 is 1.40 bits per heavy atom. The molecule has 0 fully saturated rings. The van der Waals surface area contributed by atoms with Gasteiger partial charge in [-0.25, -0.2) is 9.18 Å². The Morgan fingerprint density at radius 3 is 2.27 bits per heavy atom. The third-order valence-electron chi connectivity index (χ3n) is 2.65. The lowest BCUT2D eigenvalue weighted by Crippen LogP contribution is -2.40. The summed E-state index contributed by atoms with van der Waals surface area (Å²) in [7, 11) is 0. The number of carboxylic acids is 1. The smallest absolute Gasteiger partial charge is 0.336 e. The largest absolute Gasteiger partial charge is 0.479 e. The zero-order valence-electron chi connectivity index (χ0n) is 8.57. The maximum atomic E-state index is 12.6. The second kappa shape index (κ2) is 3.98. The first-order valence-corrected chi connectivity index (χ1v) is 4.57. The van der Waals surface area contributed by atoms with Crippen LogP contribution in [0.5, 0.6) is 0 Å². The van der Waals surface area contributed by atoms with Crippen LogP contribution in [0.4, 0.5) is 4.39 Å². The molecule has 0 radical (unpaired) electrons. The molecule has 0 bridgehead atoms. The molecule has 82 valence electrons. The van der Waals surface area contributed by atoms with E-state index in [2.05, 4.69) is 0 Å². The molecule has 0 saturated heterocycles. The summed E-state index contributed by atoms with van der Waals surface area (Å²) >= 11 is 0. The van der Waals surface area contributed by atoms with E-state index in [9.17, 15) is 14.3 Å². The Morgan fingerprint density at radius 2 is 1.87 bits per heavy atom. The van der Waals surface area contributed by atoms with Crippen molar-refractivity contribution >= 4 is 5.97 Å². The number of aliphatic hydroxyl groups is 1. The van der Waals surface area contributed by atoms with Gasteiger partial charge < -0.3 is 10.2 Å². The minimum atomic E-state index is -1.85. The zero-order chi connectivity index (χ0) is 11.6. The van der Waals surface area contributed by atoms with Crippen LogP contribution in [0.1, 0.15) is 25.3 Å². The van der Waals surface area contributed by atoms with Gasteiger partial charge >= 0.3 is 5.97 Å². The SMILES string of the molecule is CC(c1ccc(F)cc1)C(C)(O)C(=O)O. The molecule has 1 aromatic carbocycles. The summed E-state index contributed by atoms with van der Waals surface area (Å²) in [5.74, 6) is -2.28. The zero-order valence-corrected chi connectivity index (χ0v) is 8.57. The lowest BCUT2D eigenvalue weighted by molar-refractivity contribution is -0.158. The fourth-order valence-electron chi connectivity index (χ4n) is 1.26. The molecular formula is C11H13FO3. The fraction of sp³-hybridized carbons (Fsp3) is 0.364. The maximum Gasteiger partial charge on any atom is 0.336 e. The Labute approximate surface area is 87.2 Å². The monoisotopic (exact) mass is 212 g/mol. The average Bonchev–Trinajstić information content (AvgIpc) is 2.17. The summed E-state index contributed by atoms with van der Waals surface area (Å²) < 4.78 is 12.6. The van der Waals surface area contributed by atoms with Gasteiger partial charge in [-0.2, -0.15) is 0 Å². The molecule has 2 atom stereocenters. The first kappa shape index (κ1) is 11.7. The number of hydrogen-bond donors (Lipinski definition) is 2. The number of aliphatic carboxylic acids is 1. The van der Waals surface area contributed by atoms with E-state index in [-0.39, 0.29) is 5.82 Å². The van der Waals surface area contributed by atoms with E-state index in [4.69, 9.17) is 5.11 Å². The minimum Gasteiger partial charge on any atom is -0.479 e. The molecule has 0 aromatic heterocycles. The molecule has 0 aliphatic carbocycles. The van der Waals surface area contributed by atoms with Crippen molar-refractivity contribution < 1.29 is 19.4 Å². The van der Waals surface area contributed by atoms with Crippen LogP contribution in [0.3, 0.4) is 0 Å². The van der Waals surface area contributed by atoms with E-state index in [0.29, 0.717) is 5.56 Å². The van der Waals surface area contributed by atoms with Crippen molar-refractivity contribution in [1.82, 2.24) is 0 Å². The first-order chi connectivity index (χ1) is 6.85. The molecule has 15 heavy (non-hydrogen) atoms. The van der Waals surface area contributed by atoms with Crippen molar-refractivity contribution in [3.05, 3.63) is 35.6 Å². The average molecular weight is 212 g/mol. The third kappa shape index (κ3) is 2.33. The fourth-order valence-corrected chi connectivity index (χ4v) is 1.26. The molecule has 4 heteroatoms. The van der Waals surface area contributed by atoms with Gasteiger partial charge in [0, 0.05) is 5.92 Å². The Bertz CT molecular complexity index is 357. The second-order valence-corrected chi connectivity index (χ2v) is 3.73. The molecule has 2 unspecified atom stereocenters. The molecule has 0 spiro atoms. The molecule has 1 aromatic rings. The van der Waals surface area contributed by atoms with Gasteiger partial charge in [-0.15, -0.1) is 0 Å². The van der Waals surface area contributed by atoms with Crippen molar-refractivity contribution in [3.8, 4) is 0 Å². The highest BCUT2D eigenvalue weighted by atomic mass is 19.1. The minimum absolute atomic E-state index is 0.388. The normalized spacial score (nSPS) is 16.8. The van der Waals surface area contributed by atoms with Gasteiger partial charge in [-0.05, 0) is 24.6 Å². The molecule has 2 N–H and O–H groups in total. The second-order valence-electron chi connectivity index (χ2n) is 3.73. The molecule has 1 rings (SSSR count). The van der Waals surface area contributed by atoms with E-state index in [1.54, 1.807) is 6.92 Å². The van der Waals surface area contributed by atoms with Crippen LogP contribution in [-0.2, 0) is 4.79 Å². The highest BCUT2D eigenvalue weighted by Crippen LogP contribution is 2.28. The highest BCUT2D eigenvalue weighted by Gasteiger charge is 2.37. The lowest BCUT2D eigenvalue weighted by atomic mass is 9.85. The maximum absolute atomic E-state index is 12.6. The van der Waals surface area contributed by atoms with Crippen molar-refractivity contribution in [2.75, 3.05) is 0 Å². The summed E-state index contributed by atoms with van der Waals surface area (Å²) in [6.45, 7) is 2.81. The standard InChI is InChI=1S/C11H13FO3/c1-7(11(2,15)10(13)14)8-3-5-9(12)6-4-8/h3-7,15H,1-2H3,(H,13,14). The topological polar surface area (TPSA) is 57.5 Å². The van der Waals surface area contributed by atoms with Crippen molar-refractivity contribution in [2.45, 2.75) is 25.4 Å². The van der Waals surface area contributed by atoms with Gasteiger partial charge in [0.25, 0.3) is 0 Å². The Kier molecular flexibility index (Phi) is 3.09. The van der Waals surface area contributed by atoms with Crippen LogP contribution < -0.4 is 0 Å². The summed E-state index contributed by atoms with van der Waals surface area (Å²) in [4.78, 5) is 10.8. The summed E-state index contributed by atoms with van der Waals surface area (Å²) in [5, 5.41) is 18.5. The lowest BCUT2D eigenvalue weighted by Gasteiger charge is -2.26. The predicted octanol–water partition coefficient (Wildman–Crippen LogP) is 1.76. The van der Waals surface area contributed by atoms with Crippen molar-refractivity contribution in [1.29, 1.82) is 0 Å². The van der Waals surface area contributed by atoms with E-state index in [1.807, 2.05) is 0 Å². The van der Waals surface area contributed by atoms with Gasteiger partial charge in [0.2, 0.25) is 0 Å². The third-order valence-corrected chi connectivity index (χ3v) is 2.65. The van der Waals surface area contributed by atoms with Gasteiger partial charge in [-0.3, -0.25) is 0 Å². The van der Waals surface area contributed by atoms with E-state index in [0.717, 1.165) is 0 Å². The van der Waals surface area contributed by atoms with Gasteiger partial charge in [0.15, 0.2) is 5.60 Å². The van der Waals surface area contributed by atoms with E-state index < -0.39 is 17.5 Å². The van der Waals surface area contributed by atoms with Gasteiger partial charge in [-0.1, -0.05) is 19.1 Å². The predicted molar refractivity (Wildman–Crippen MR) is 53.1 cm³/mol. The number of carbonyl (C=O) groups is 1. The van der Waals surface area contributed by atoms with Crippen LogP contribution in [0, 0.1) is 5.82 Å². The van der Waals surface area contributed by atoms with Crippen LogP contribution in [0.2, 0.25) is 0 Å². The number of hydrogen-bond acceptors (Lipinski definition) is 2. The summed E-state index contributed by atoms with van der Waals surface area (Å²) in [6, 6.07) is 5.42. The summed E-state index contributed by atoms with van der Waals surface area (Å²) in [6.07, 6.45) is 0. The van der Waals surface area contributed by atoms with Gasteiger partial charge in [0.1, 0.15) is 5.82 Å². The highest BCUT2D eigenvalue weighted by molar-refractivity contribution is 5.78. The summed E-state index contributed by atoms with van der Waals surface area (Å²) in [5.41, 5.74) is -1.26. The number of halogens is 1. The van der Waals surface area contributed by atoms with Crippen LogP contribution in [-0.4, -0.2) is 21.8 Å². The van der Waals surface area contributed by atoms with E-state index >= 15 is 0 Å². The molecule has 0 aliphatic rings. The van der Waals surface area contributed by atoms with Crippen LogP contribution in [0.15, 0.2) is 24.3 Å². The molecule has 0 aliphatic heterocycles. The molecule has 0 heterocycles. The molecule has 0 saturated carbocycles. The van der Waals surface area contributed by atoms with Crippen LogP contribution >= 0.6 is 0 Å².